The number of allylic oxidation sites excluding steroid dienone is 1. The van der Waals surface area contributed by atoms with Crippen molar-refractivity contribution in [2.24, 2.45) is 0 Å². The number of benzene rings is 2. The fourth-order valence-corrected chi connectivity index (χ4v) is 2.00. The Morgan fingerprint density at radius 2 is 1.76 bits per heavy atom. The van der Waals surface area contributed by atoms with Gasteiger partial charge in [-0.25, -0.2) is 0 Å². The second-order valence-corrected chi connectivity index (χ2v) is 5.20. The van der Waals surface area contributed by atoms with Gasteiger partial charge in [-0.15, -0.1) is 0 Å². The minimum Gasteiger partial charge on any atom is -0.507 e. The van der Waals surface area contributed by atoms with Gasteiger partial charge >= 0.3 is 0 Å². The molecule has 0 bridgehead atoms. The van der Waals surface area contributed by atoms with E-state index in [0.29, 0.717) is 5.56 Å². The molecule has 0 amide bonds. The average molecular weight is 281 g/mol. The van der Waals surface area contributed by atoms with Gasteiger partial charge in [-0.3, -0.25) is 4.79 Å². The van der Waals surface area contributed by atoms with Gasteiger partial charge in [-0.1, -0.05) is 24.3 Å². The summed E-state index contributed by atoms with van der Waals surface area (Å²) in [5.74, 6) is -0.184. The van der Waals surface area contributed by atoms with Crippen molar-refractivity contribution >= 4 is 17.5 Å². The fourth-order valence-electron chi connectivity index (χ4n) is 2.00. The first kappa shape index (κ1) is 14.9. The second-order valence-electron chi connectivity index (χ2n) is 5.20. The molecule has 2 rings (SSSR count). The van der Waals surface area contributed by atoms with Gasteiger partial charge in [-0.2, -0.15) is 0 Å². The molecule has 108 valence electrons. The molecular formula is C18H19NO2. The Bertz CT molecular complexity index is 670. The maximum Gasteiger partial charge on any atom is 0.189 e. The van der Waals surface area contributed by atoms with E-state index in [1.165, 1.54) is 6.08 Å². The van der Waals surface area contributed by atoms with Crippen molar-refractivity contribution in [2.75, 3.05) is 19.0 Å². The van der Waals surface area contributed by atoms with Gasteiger partial charge in [-0.05, 0) is 48.4 Å². The molecule has 0 atom stereocenters. The Balaban J connectivity index is 2.15. The highest BCUT2D eigenvalue weighted by Crippen LogP contribution is 2.20. The molecule has 0 aromatic heterocycles. The number of aromatic hydroxyl groups is 1. The molecule has 0 saturated carbocycles. The molecule has 0 fully saturated rings. The summed E-state index contributed by atoms with van der Waals surface area (Å²) in [5, 5.41) is 9.80. The van der Waals surface area contributed by atoms with E-state index in [1.54, 1.807) is 18.2 Å². The number of phenolic OH excluding ortho intramolecular Hbond substituents is 1. The molecule has 0 aliphatic rings. The molecular weight excluding hydrogens is 262 g/mol. The predicted molar refractivity (Wildman–Crippen MR) is 87.0 cm³/mol. The van der Waals surface area contributed by atoms with Gasteiger partial charge in [0.05, 0.1) is 5.56 Å². The van der Waals surface area contributed by atoms with Crippen LogP contribution >= 0.6 is 0 Å². The van der Waals surface area contributed by atoms with E-state index < -0.39 is 0 Å². The van der Waals surface area contributed by atoms with Gasteiger partial charge in [0.25, 0.3) is 0 Å². The molecule has 0 saturated heterocycles. The van der Waals surface area contributed by atoms with Crippen molar-refractivity contribution in [3.8, 4) is 5.75 Å². The summed E-state index contributed by atoms with van der Waals surface area (Å²) in [5.41, 5.74) is 3.30. The van der Waals surface area contributed by atoms with E-state index in [2.05, 4.69) is 0 Å². The zero-order valence-electron chi connectivity index (χ0n) is 12.5. The highest BCUT2D eigenvalue weighted by atomic mass is 16.3. The van der Waals surface area contributed by atoms with Crippen LogP contribution in [0.3, 0.4) is 0 Å². The summed E-state index contributed by atoms with van der Waals surface area (Å²) in [6, 6.07) is 12.9. The number of carbonyl (C=O) groups is 1. The first-order valence-electron chi connectivity index (χ1n) is 6.77. The highest BCUT2D eigenvalue weighted by Gasteiger charge is 2.07. The third kappa shape index (κ3) is 3.72. The van der Waals surface area contributed by atoms with Crippen molar-refractivity contribution in [3.63, 3.8) is 0 Å². The quantitative estimate of drug-likeness (QED) is 0.686. The smallest absolute Gasteiger partial charge is 0.189 e. The third-order valence-electron chi connectivity index (χ3n) is 3.26. The number of rotatable bonds is 4. The van der Waals surface area contributed by atoms with Crippen LogP contribution in [0.4, 0.5) is 5.69 Å². The van der Waals surface area contributed by atoms with E-state index >= 15 is 0 Å². The third-order valence-corrected chi connectivity index (χ3v) is 3.26. The Morgan fingerprint density at radius 1 is 1.10 bits per heavy atom. The Kier molecular flexibility index (Phi) is 4.43. The minimum atomic E-state index is -0.204. The van der Waals surface area contributed by atoms with Gasteiger partial charge in [0.1, 0.15) is 5.75 Å². The maximum atomic E-state index is 12.1. The van der Waals surface area contributed by atoms with E-state index in [-0.39, 0.29) is 11.5 Å². The predicted octanol–water partition coefficient (Wildman–Crippen LogP) is 3.66. The number of hydrogen-bond donors (Lipinski definition) is 1. The van der Waals surface area contributed by atoms with Crippen LogP contribution in [0.2, 0.25) is 0 Å². The van der Waals surface area contributed by atoms with E-state index in [4.69, 9.17) is 0 Å². The molecule has 21 heavy (non-hydrogen) atoms. The Morgan fingerprint density at radius 3 is 2.33 bits per heavy atom. The normalized spacial score (nSPS) is 10.8. The van der Waals surface area contributed by atoms with Crippen LogP contribution < -0.4 is 4.90 Å². The number of aryl methyl sites for hydroxylation is 1. The van der Waals surface area contributed by atoms with Crippen LogP contribution in [0.5, 0.6) is 5.75 Å². The average Bonchev–Trinajstić information content (AvgIpc) is 2.45. The molecule has 2 aromatic rings. The second kappa shape index (κ2) is 6.27. The summed E-state index contributed by atoms with van der Waals surface area (Å²) in [4.78, 5) is 14.1. The summed E-state index contributed by atoms with van der Waals surface area (Å²) in [6.07, 6.45) is 3.23. The van der Waals surface area contributed by atoms with Crippen molar-refractivity contribution in [1.82, 2.24) is 0 Å². The molecule has 3 nitrogen and oxygen atoms in total. The molecule has 2 aromatic carbocycles. The van der Waals surface area contributed by atoms with Gasteiger partial charge in [0.15, 0.2) is 5.78 Å². The van der Waals surface area contributed by atoms with E-state index in [9.17, 15) is 9.90 Å². The number of hydrogen-bond acceptors (Lipinski definition) is 3. The highest BCUT2D eigenvalue weighted by molar-refractivity contribution is 6.08. The van der Waals surface area contributed by atoms with Crippen molar-refractivity contribution in [1.29, 1.82) is 0 Å². The molecule has 0 heterocycles. The standard InChI is InChI=1S/C18H19NO2/c1-13-4-10-16(18(21)12-13)17(20)11-7-14-5-8-15(9-6-14)19(2)3/h4-12,21H,1-3H3. The lowest BCUT2D eigenvalue weighted by molar-refractivity contribution is 0.104. The number of ketones is 1. The van der Waals surface area contributed by atoms with Crippen LogP contribution in [0, 0.1) is 6.92 Å². The molecule has 0 radical (unpaired) electrons. The lowest BCUT2D eigenvalue weighted by Crippen LogP contribution is -2.07. The van der Waals surface area contributed by atoms with E-state index in [0.717, 1.165) is 16.8 Å². The molecule has 0 aliphatic heterocycles. The minimum absolute atomic E-state index is 0.0209. The zero-order valence-corrected chi connectivity index (χ0v) is 12.5. The molecule has 0 aliphatic carbocycles. The van der Waals surface area contributed by atoms with Crippen molar-refractivity contribution < 1.29 is 9.90 Å². The zero-order chi connectivity index (χ0) is 15.4. The summed E-state index contributed by atoms with van der Waals surface area (Å²) >= 11 is 0. The molecule has 3 heteroatoms. The van der Waals surface area contributed by atoms with Crippen LogP contribution in [-0.4, -0.2) is 25.0 Å². The lowest BCUT2D eigenvalue weighted by atomic mass is 10.1. The summed E-state index contributed by atoms with van der Waals surface area (Å²) < 4.78 is 0. The fraction of sp³-hybridized carbons (Fsp3) is 0.167. The summed E-state index contributed by atoms with van der Waals surface area (Å²) in [7, 11) is 3.96. The largest absolute Gasteiger partial charge is 0.507 e. The van der Waals surface area contributed by atoms with Crippen LogP contribution in [0.25, 0.3) is 6.08 Å². The summed E-state index contributed by atoms with van der Waals surface area (Å²) in [6.45, 7) is 1.87. The molecule has 0 unspecified atom stereocenters. The molecule has 1 N–H and O–H groups in total. The van der Waals surface area contributed by atoms with Crippen molar-refractivity contribution in [3.05, 3.63) is 65.2 Å². The van der Waals surface area contributed by atoms with Gasteiger partial charge in [0, 0.05) is 19.8 Å². The molecule has 0 spiro atoms. The number of carbonyl (C=O) groups excluding carboxylic acids is 1. The maximum absolute atomic E-state index is 12.1. The van der Waals surface area contributed by atoms with E-state index in [1.807, 2.05) is 56.3 Å². The monoisotopic (exact) mass is 281 g/mol. The number of phenols is 1. The first-order chi connectivity index (χ1) is 9.97. The SMILES string of the molecule is Cc1ccc(C(=O)C=Cc2ccc(N(C)C)cc2)c(O)c1. The lowest BCUT2D eigenvalue weighted by Gasteiger charge is -2.11. The van der Waals surface area contributed by atoms with Crippen LogP contribution in [0.1, 0.15) is 21.5 Å². The van der Waals surface area contributed by atoms with Crippen LogP contribution in [-0.2, 0) is 0 Å². The van der Waals surface area contributed by atoms with Gasteiger partial charge in [0.2, 0.25) is 0 Å². The Hall–Kier alpha value is -2.55. The number of anilines is 1. The Labute approximate surface area is 125 Å². The number of nitrogens with zero attached hydrogens (tertiary/aromatic N) is 1. The van der Waals surface area contributed by atoms with Gasteiger partial charge < -0.3 is 10.0 Å². The van der Waals surface area contributed by atoms with Crippen LogP contribution in [0.15, 0.2) is 48.5 Å². The first-order valence-corrected chi connectivity index (χ1v) is 6.77. The topological polar surface area (TPSA) is 40.5 Å². The van der Waals surface area contributed by atoms with Crippen molar-refractivity contribution in [2.45, 2.75) is 6.92 Å².